The highest BCUT2D eigenvalue weighted by Gasteiger charge is 2.19. The summed E-state index contributed by atoms with van der Waals surface area (Å²) in [5.74, 6) is -1.10. The molecular weight excluding hydrogens is 372 g/mol. The monoisotopic (exact) mass is 388 g/mol. The average molecular weight is 389 g/mol. The Morgan fingerprint density at radius 1 is 1.27 bits per heavy atom. The lowest BCUT2D eigenvalue weighted by Gasteiger charge is -2.12. The van der Waals surface area contributed by atoms with Crippen LogP contribution in [-0.4, -0.2) is 36.3 Å². The lowest BCUT2D eigenvalue weighted by atomic mass is 10.4. The molecule has 2 N–H and O–H groups in total. The van der Waals surface area contributed by atoms with Crippen molar-refractivity contribution < 1.29 is 19.1 Å². The lowest BCUT2D eigenvalue weighted by molar-refractivity contribution is -0.151. The zero-order valence-electron chi connectivity index (χ0n) is 12.2. The molecule has 6 nitrogen and oxygen atoms in total. The van der Waals surface area contributed by atoms with E-state index in [1.807, 2.05) is 24.3 Å². The molecule has 1 unspecified atom stereocenters. The summed E-state index contributed by atoms with van der Waals surface area (Å²) in [5, 5.41) is 4.50. The van der Waals surface area contributed by atoms with Gasteiger partial charge in [0.25, 0.3) is 5.91 Å². The normalized spacial score (nSPS) is 11.4. The maximum atomic E-state index is 11.7. The SMILES string of the molecule is CCNC(=O)NC(=O)C(C)OC(=O)CSc1ccc(Br)cc1. The predicted octanol–water partition coefficient (Wildman–Crippen LogP) is 2.32. The number of carbonyl (C=O) groups is 3. The molecule has 0 aliphatic rings. The number of thioether (sulfide) groups is 1. The molecule has 1 atom stereocenters. The maximum Gasteiger partial charge on any atom is 0.321 e. The van der Waals surface area contributed by atoms with Crippen LogP contribution in [0.2, 0.25) is 0 Å². The van der Waals surface area contributed by atoms with E-state index < -0.39 is 24.0 Å². The number of imide groups is 1. The minimum Gasteiger partial charge on any atom is -0.452 e. The van der Waals surface area contributed by atoms with Gasteiger partial charge in [-0.1, -0.05) is 15.9 Å². The molecule has 0 aliphatic heterocycles. The van der Waals surface area contributed by atoms with Crippen molar-refractivity contribution >= 4 is 45.6 Å². The van der Waals surface area contributed by atoms with Crippen LogP contribution in [0.3, 0.4) is 0 Å². The number of benzene rings is 1. The first-order valence-electron chi connectivity index (χ1n) is 6.59. The second-order valence-electron chi connectivity index (χ2n) is 4.22. The molecule has 0 fully saturated rings. The van der Waals surface area contributed by atoms with Crippen LogP contribution in [0.25, 0.3) is 0 Å². The quantitative estimate of drug-likeness (QED) is 0.576. The van der Waals surface area contributed by atoms with Gasteiger partial charge in [0, 0.05) is 15.9 Å². The van der Waals surface area contributed by atoms with E-state index in [1.54, 1.807) is 6.92 Å². The molecule has 8 heteroatoms. The van der Waals surface area contributed by atoms with Gasteiger partial charge in [0.2, 0.25) is 0 Å². The second kappa shape index (κ2) is 9.47. The van der Waals surface area contributed by atoms with Crippen LogP contribution in [-0.2, 0) is 14.3 Å². The van der Waals surface area contributed by atoms with Crippen molar-refractivity contribution in [3.63, 3.8) is 0 Å². The summed E-state index contributed by atoms with van der Waals surface area (Å²) >= 11 is 4.63. The van der Waals surface area contributed by atoms with E-state index in [0.29, 0.717) is 6.54 Å². The van der Waals surface area contributed by atoms with Gasteiger partial charge in [0.05, 0.1) is 5.75 Å². The third-order valence-electron chi connectivity index (χ3n) is 2.42. The highest BCUT2D eigenvalue weighted by molar-refractivity contribution is 9.10. The first-order chi connectivity index (χ1) is 10.4. The fraction of sp³-hybridized carbons (Fsp3) is 0.357. The van der Waals surface area contributed by atoms with E-state index in [1.165, 1.54) is 18.7 Å². The summed E-state index contributed by atoms with van der Waals surface area (Å²) in [5.41, 5.74) is 0. The summed E-state index contributed by atoms with van der Waals surface area (Å²) in [4.78, 5) is 35.4. The van der Waals surface area contributed by atoms with Gasteiger partial charge >= 0.3 is 12.0 Å². The Balaban J connectivity index is 2.35. The summed E-state index contributed by atoms with van der Waals surface area (Å²) < 4.78 is 5.93. The van der Waals surface area contributed by atoms with Crippen molar-refractivity contribution in [2.45, 2.75) is 24.8 Å². The number of rotatable bonds is 6. The predicted molar refractivity (Wildman–Crippen MR) is 87.6 cm³/mol. The number of nitrogens with one attached hydrogen (secondary N) is 2. The van der Waals surface area contributed by atoms with Crippen LogP contribution in [0.15, 0.2) is 33.6 Å². The Morgan fingerprint density at radius 2 is 1.91 bits per heavy atom. The maximum absolute atomic E-state index is 11.7. The van der Waals surface area contributed by atoms with Gasteiger partial charge in [-0.25, -0.2) is 4.79 Å². The molecule has 0 bridgehead atoms. The van der Waals surface area contributed by atoms with E-state index in [0.717, 1.165) is 9.37 Å². The Labute approximate surface area is 141 Å². The number of ether oxygens (including phenoxy) is 1. The van der Waals surface area contributed by atoms with Gasteiger partial charge in [-0.3, -0.25) is 14.9 Å². The smallest absolute Gasteiger partial charge is 0.321 e. The first kappa shape index (κ1) is 18.5. The van der Waals surface area contributed by atoms with Gasteiger partial charge in [0.15, 0.2) is 6.10 Å². The molecule has 1 rings (SSSR count). The van der Waals surface area contributed by atoms with Gasteiger partial charge in [-0.2, -0.15) is 0 Å². The standard InChI is InChI=1S/C14H17BrN2O4S/c1-3-16-14(20)17-13(19)9(2)21-12(18)8-22-11-6-4-10(15)5-7-11/h4-7,9H,3,8H2,1-2H3,(H2,16,17,19,20). The zero-order valence-corrected chi connectivity index (χ0v) is 14.6. The number of halogens is 1. The lowest BCUT2D eigenvalue weighted by Crippen LogP contribution is -2.44. The molecule has 1 aromatic rings. The number of hydrogen-bond acceptors (Lipinski definition) is 5. The van der Waals surface area contributed by atoms with E-state index in [2.05, 4.69) is 26.6 Å². The summed E-state index contributed by atoms with van der Waals surface area (Å²) in [6.07, 6.45) is -1.03. The van der Waals surface area contributed by atoms with Crippen LogP contribution in [0, 0.1) is 0 Å². The second-order valence-corrected chi connectivity index (χ2v) is 6.19. The Kier molecular flexibility index (Phi) is 7.97. The Morgan fingerprint density at radius 3 is 2.50 bits per heavy atom. The van der Waals surface area contributed by atoms with Crippen LogP contribution >= 0.6 is 27.7 Å². The van der Waals surface area contributed by atoms with Gasteiger partial charge in [-0.15, -0.1) is 11.8 Å². The van der Waals surface area contributed by atoms with E-state index in [4.69, 9.17) is 4.74 Å². The van der Waals surface area contributed by atoms with E-state index in [9.17, 15) is 14.4 Å². The van der Waals surface area contributed by atoms with Crippen LogP contribution in [0.1, 0.15) is 13.8 Å². The minimum absolute atomic E-state index is 0.0837. The Bertz CT molecular complexity index is 536. The van der Waals surface area contributed by atoms with Crippen molar-refractivity contribution in [1.29, 1.82) is 0 Å². The molecule has 0 saturated heterocycles. The van der Waals surface area contributed by atoms with Gasteiger partial charge in [0.1, 0.15) is 0 Å². The van der Waals surface area contributed by atoms with Crippen LogP contribution in [0.4, 0.5) is 4.79 Å². The Hall–Kier alpha value is -1.54. The van der Waals surface area contributed by atoms with Gasteiger partial charge in [-0.05, 0) is 38.1 Å². The van der Waals surface area contributed by atoms with Crippen molar-refractivity contribution in [3.8, 4) is 0 Å². The fourth-order valence-electron chi connectivity index (χ4n) is 1.38. The molecule has 3 amide bonds. The van der Waals surface area contributed by atoms with Crippen LogP contribution < -0.4 is 10.6 Å². The van der Waals surface area contributed by atoms with E-state index >= 15 is 0 Å². The molecule has 0 radical (unpaired) electrons. The van der Waals surface area contributed by atoms with Crippen molar-refractivity contribution in [2.24, 2.45) is 0 Å². The van der Waals surface area contributed by atoms with Crippen molar-refractivity contribution in [2.75, 3.05) is 12.3 Å². The molecule has 0 saturated carbocycles. The average Bonchev–Trinajstić information content (AvgIpc) is 2.46. The third kappa shape index (κ3) is 6.95. The van der Waals surface area contributed by atoms with Crippen molar-refractivity contribution in [1.82, 2.24) is 10.6 Å². The number of hydrogen-bond donors (Lipinski definition) is 2. The summed E-state index contributed by atoms with van der Waals surface area (Å²) in [7, 11) is 0. The highest BCUT2D eigenvalue weighted by atomic mass is 79.9. The molecular formula is C14H17BrN2O4S. The number of esters is 1. The fourth-order valence-corrected chi connectivity index (χ4v) is 2.32. The highest BCUT2D eigenvalue weighted by Crippen LogP contribution is 2.20. The zero-order chi connectivity index (χ0) is 16.5. The summed E-state index contributed by atoms with van der Waals surface area (Å²) in [6, 6.07) is 6.87. The molecule has 0 aromatic heterocycles. The molecule has 0 heterocycles. The molecule has 22 heavy (non-hydrogen) atoms. The molecule has 0 spiro atoms. The number of urea groups is 1. The van der Waals surface area contributed by atoms with Gasteiger partial charge < -0.3 is 10.1 Å². The number of carbonyl (C=O) groups excluding carboxylic acids is 3. The number of amides is 3. The molecule has 120 valence electrons. The van der Waals surface area contributed by atoms with Crippen molar-refractivity contribution in [3.05, 3.63) is 28.7 Å². The van der Waals surface area contributed by atoms with E-state index in [-0.39, 0.29) is 5.75 Å². The first-order valence-corrected chi connectivity index (χ1v) is 8.36. The topological polar surface area (TPSA) is 84.5 Å². The largest absolute Gasteiger partial charge is 0.452 e. The van der Waals surface area contributed by atoms with Crippen LogP contribution in [0.5, 0.6) is 0 Å². The molecule has 0 aliphatic carbocycles. The minimum atomic E-state index is -1.03. The molecule has 1 aromatic carbocycles. The summed E-state index contributed by atoms with van der Waals surface area (Å²) in [6.45, 7) is 3.54. The third-order valence-corrected chi connectivity index (χ3v) is 3.94.